The van der Waals surface area contributed by atoms with Gasteiger partial charge in [0.1, 0.15) is 5.76 Å². The van der Waals surface area contributed by atoms with Gasteiger partial charge in [-0.2, -0.15) is 0 Å². The van der Waals surface area contributed by atoms with E-state index in [0.29, 0.717) is 23.7 Å². The summed E-state index contributed by atoms with van der Waals surface area (Å²) in [6.45, 7) is 6.65. The van der Waals surface area contributed by atoms with Crippen LogP contribution in [0.4, 0.5) is 0 Å². The van der Waals surface area contributed by atoms with Gasteiger partial charge in [0.2, 0.25) is 5.91 Å². The molecule has 7 heteroatoms. The van der Waals surface area contributed by atoms with E-state index >= 15 is 0 Å². The van der Waals surface area contributed by atoms with Crippen LogP contribution in [0.5, 0.6) is 0 Å². The van der Waals surface area contributed by atoms with Gasteiger partial charge < -0.3 is 14.6 Å². The lowest BCUT2D eigenvalue weighted by atomic mass is 9.64. The van der Waals surface area contributed by atoms with Crippen molar-refractivity contribution in [2.24, 2.45) is 21.4 Å². The minimum atomic E-state index is -0.607. The first-order valence-corrected chi connectivity index (χ1v) is 10.4. The van der Waals surface area contributed by atoms with Crippen LogP contribution in [0.2, 0.25) is 5.02 Å². The summed E-state index contributed by atoms with van der Waals surface area (Å²) in [6, 6.07) is 10.3. The van der Waals surface area contributed by atoms with E-state index in [-0.39, 0.29) is 22.3 Å². The normalized spacial score (nSPS) is 27.9. The van der Waals surface area contributed by atoms with Crippen LogP contribution in [0.3, 0.4) is 0 Å². The Morgan fingerprint density at radius 3 is 2.63 bits per heavy atom. The Labute approximate surface area is 180 Å². The molecule has 2 atom stereocenters. The van der Waals surface area contributed by atoms with Crippen LogP contribution in [-0.2, 0) is 16.2 Å². The number of benzene rings is 1. The first kappa shape index (κ1) is 20.7. The fourth-order valence-electron chi connectivity index (χ4n) is 5.04. The maximum atomic E-state index is 13.3. The molecular weight excluding hydrogens is 404 g/mol. The molecule has 2 unspecified atom stereocenters. The highest BCUT2D eigenvalue weighted by atomic mass is 35.5. The van der Waals surface area contributed by atoms with Gasteiger partial charge >= 0.3 is 5.97 Å². The van der Waals surface area contributed by atoms with Crippen LogP contribution in [0, 0.1) is 16.2 Å². The van der Waals surface area contributed by atoms with Crippen molar-refractivity contribution in [1.29, 1.82) is 0 Å². The van der Waals surface area contributed by atoms with E-state index in [1.54, 1.807) is 36.6 Å². The van der Waals surface area contributed by atoms with E-state index in [0.717, 1.165) is 18.6 Å². The van der Waals surface area contributed by atoms with Gasteiger partial charge in [-0.3, -0.25) is 4.79 Å². The van der Waals surface area contributed by atoms with E-state index in [9.17, 15) is 9.59 Å². The zero-order valence-electron chi connectivity index (χ0n) is 17.3. The summed E-state index contributed by atoms with van der Waals surface area (Å²) in [5, 5.41) is 7.58. The van der Waals surface area contributed by atoms with Crippen LogP contribution >= 0.6 is 11.6 Å². The van der Waals surface area contributed by atoms with Crippen molar-refractivity contribution in [3.63, 3.8) is 0 Å². The Morgan fingerprint density at radius 2 is 1.93 bits per heavy atom. The molecule has 30 heavy (non-hydrogen) atoms. The van der Waals surface area contributed by atoms with E-state index < -0.39 is 11.4 Å². The van der Waals surface area contributed by atoms with Gasteiger partial charge in [-0.05, 0) is 42.5 Å². The Bertz CT molecular complexity index is 1010. The highest BCUT2D eigenvalue weighted by Crippen LogP contribution is 2.71. The fourth-order valence-corrected chi connectivity index (χ4v) is 5.26. The lowest BCUT2D eigenvalue weighted by Gasteiger charge is -2.39. The number of hydrogen-bond acceptors (Lipinski definition) is 5. The molecule has 1 aromatic carbocycles. The first-order valence-electron chi connectivity index (χ1n) is 10.1. The van der Waals surface area contributed by atoms with E-state index in [4.69, 9.17) is 20.9 Å². The second-order valence-corrected chi connectivity index (χ2v) is 9.28. The molecule has 2 saturated carbocycles. The monoisotopic (exact) mass is 428 g/mol. The summed E-state index contributed by atoms with van der Waals surface area (Å²) in [6.07, 6.45) is 3.61. The molecule has 2 bridgehead atoms. The van der Waals surface area contributed by atoms with Gasteiger partial charge in [0.25, 0.3) is 0 Å². The number of amides is 1. The summed E-state index contributed by atoms with van der Waals surface area (Å²) in [5.74, 6) is 0.0859. The molecule has 2 aliphatic rings. The molecule has 0 saturated heterocycles. The molecule has 1 N–H and O–H groups in total. The zero-order valence-corrected chi connectivity index (χ0v) is 18.1. The number of carbonyl (C=O) groups excluding carboxylic acids is 2. The van der Waals surface area contributed by atoms with Gasteiger partial charge in [0.05, 0.1) is 34.5 Å². The molecule has 6 nitrogen and oxygen atoms in total. The molecule has 1 aromatic heterocycles. The third-order valence-electron chi connectivity index (χ3n) is 7.50. The van der Waals surface area contributed by atoms with Crippen molar-refractivity contribution in [2.45, 2.75) is 46.6 Å². The average Bonchev–Trinajstić information content (AvgIpc) is 3.35. The number of nitrogens with zero attached hydrogens (tertiary/aromatic N) is 1. The highest BCUT2D eigenvalue weighted by molar-refractivity contribution is 6.33. The van der Waals surface area contributed by atoms with Gasteiger partial charge in [-0.15, -0.1) is 0 Å². The van der Waals surface area contributed by atoms with Crippen molar-refractivity contribution in [2.75, 3.05) is 0 Å². The molecule has 158 valence electrons. The number of carbonyl (C=O) groups is 2. The smallest absolute Gasteiger partial charge is 0.367 e. The molecule has 4 rings (SSSR count). The SMILES string of the molecule is CC12CCC(C(=O)NCc3ccco3)(C/C1=N\OC(=O)c1ccccc1Cl)C2(C)C. The molecule has 0 aliphatic heterocycles. The number of halogens is 1. The van der Waals surface area contributed by atoms with Gasteiger partial charge in [-0.1, -0.05) is 49.7 Å². The molecular formula is C23H25ClN2O4. The molecule has 0 radical (unpaired) electrons. The van der Waals surface area contributed by atoms with Gasteiger partial charge in [0, 0.05) is 11.8 Å². The summed E-state index contributed by atoms with van der Waals surface area (Å²) < 4.78 is 5.33. The number of fused-ring (bicyclic) bond motifs is 2. The predicted octanol–water partition coefficient (Wildman–Crippen LogP) is 4.98. The Kier molecular flexibility index (Phi) is 5.01. The Balaban J connectivity index is 1.55. The first-order chi connectivity index (χ1) is 14.2. The summed E-state index contributed by atoms with van der Waals surface area (Å²) in [7, 11) is 0. The molecule has 2 aliphatic carbocycles. The molecule has 2 fully saturated rings. The Morgan fingerprint density at radius 1 is 1.17 bits per heavy atom. The largest absolute Gasteiger partial charge is 0.467 e. The molecule has 1 heterocycles. The van der Waals surface area contributed by atoms with Crippen LogP contribution in [0.1, 0.15) is 56.2 Å². The fraction of sp³-hybridized carbons (Fsp3) is 0.435. The summed E-state index contributed by atoms with van der Waals surface area (Å²) in [4.78, 5) is 31.0. The number of furan rings is 1. The van der Waals surface area contributed by atoms with Crippen LogP contribution in [-0.4, -0.2) is 17.6 Å². The third kappa shape index (κ3) is 2.97. The lowest BCUT2D eigenvalue weighted by molar-refractivity contribution is -0.136. The predicted molar refractivity (Wildman–Crippen MR) is 113 cm³/mol. The minimum Gasteiger partial charge on any atom is -0.467 e. The average molecular weight is 429 g/mol. The molecule has 0 spiro atoms. The van der Waals surface area contributed by atoms with E-state index in [2.05, 4.69) is 31.2 Å². The standard InChI is InChI=1S/C23H25ClN2O4/c1-21(2)22(3)10-11-23(21,20(28)25-14-15-7-6-12-29-15)13-18(22)26-30-19(27)16-8-4-5-9-17(16)24/h4-9,12H,10-11,13-14H2,1-3H3,(H,25,28)/b26-18+. The number of rotatable bonds is 5. The maximum absolute atomic E-state index is 13.3. The minimum absolute atomic E-state index is 0.0183. The van der Waals surface area contributed by atoms with Crippen LogP contribution in [0.25, 0.3) is 0 Å². The number of hydrogen-bond donors (Lipinski definition) is 1. The second-order valence-electron chi connectivity index (χ2n) is 8.87. The van der Waals surface area contributed by atoms with E-state index in [1.807, 2.05) is 6.07 Å². The second kappa shape index (κ2) is 7.27. The Hall–Kier alpha value is -2.60. The highest BCUT2D eigenvalue weighted by Gasteiger charge is 2.71. The zero-order chi connectivity index (χ0) is 21.6. The number of oxime groups is 1. The van der Waals surface area contributed by atoms with Crippen LogP contribution in [0.15, 0.2) is 52.2 Å². The molecule has 1 amide bonds. The topological polar surface area (TPSA) is 80.9 Å². The van der Waals surface area contributed by atoms with Crippen LogP contribution < -0.4 is 5.32 Å². The van der Waals surface area contributed by atoms with Crippen molar-refractivity contribution < 1.29 is 18.8 Å². The van der Waals surface area contributed by atoms with Crippen molar-refractivity contribution in [1.82, 2.24) is 5.32 Å². The lowest BCUT2D eigenvalue weighted by Crippen LogP contribution is -2.46. The van der Waals surface area contributed by atoms with Crippen molar-refractivity contribution in [3.05, 3.63) is 59.0 Å². The number of nitrogens with one attached hydrogen (secondary N) is 1. The van der Waals surface area contributed by atoms with Crippen molar-refractivity contribution >= 4 is 29.2 Å². The maximum Gasteiger partial charge on any atom is 0.367 e. The third-order valence-corrected chi connectivity index (χ3v) is 7.83. The van der Waals surface area contributed by atoms with Crippen molar-refractivity contribution in [3.8, 4) is 0 Å². The summed E-state index contributed by atoms with van der Waals surface area (Å²) >= 11 is 6.08. The van der Waals surface area contributed by atoms with Gasteiger partial charge in [0.15, 0.2) is 0 Å². The summed E-state index contributed by atoms with van der Waals surface area (Å²) in [5.41, 5.74) is -0.280. The van der Waals surface area contributed by atoms with E-state index in [1.165, 1.54) is 0 Å². The quantitative estimate of drug-likeness (QED) is 0.538. The molecule has 2 aromatic rings. The van der Waals surface area contributed by atoms with Gasteiger partial charge in [-0.25, -0.2) is 4.79 Å².